The van der Waals surface area contributed by atoms with Crippen molar-refractivity contribution in [2.75, 3.05) is 6.61 Å². The quantitative estimate of drug-likeness (QED) is 0.239. The molecule has 1 aliphatic heterocycles. The number of hydrogen-bond acceptors (Lipinski definition) is 7. The van der Waals surface area contributed by atoms with Gasteiger partial charge in [0.05, 0.1) is 12.5 Å². The first-order chi connectivity index (χ1) is 14.0. The Morgan fingerprint density at radius 1 is 0.828 bits per heavy atom. The smallest absolute Gasteiger partial charge is 0.311 e. The van der Waals surface area contributed by atoms with Crippen molar-refractivity contribution >= 4 is 5.97 Å². The average Bonchev–Trinajstić information content (AvgIpc) is 2.72. The number of unbranched alkanes of at least 4 members (excludes halogenated alkanes) is 8. The summed E-state index contributed by atoms with van der Waals surface area (Å²) < 4.78 is 10.7. The largest absolute Gasteiger partial charge is 0.433 e. The van der Waals surface area contributed by atoms with Gasteiger partial charge in [-0.05, 0) is 12.8 Å². The number of esters is 1. The zero-order valence-corrected chi connectivity index (χ0v) is 18.2. The average molecular weight is 419 g/mol. The summed E-state index contributed by atoms with van der Waals surface area (Å²) >= 11 is 0. The summed E-state index contributed by atoms with van der Waals surface area (Å²) in [4.78, 5) is 12.7. The zero-order valence-electron chi connectivity index (χ0n) is 18.2. The van der Waals surface area contributed by atoms with Crippen LogP contribution in [0.15, 0.2) is 0 Å². The lowest BCUT2D eigenvalue weighted by Crippen LogP contribution is -2.59. The van der Waals surface area contributed by atoms with Crippen molar-refractivity contribution in [3.05, 3.63) is 0 Å². The van der Waals surface area contributed by atoms with Crippen molar-refractivity contribution < 1.29 is 34.7 Å². The van der Waals surface area contributed by atoms with Gasteiger partial charge in [-0.15, -0.1) is 0 Å². The third-order valence-electron chi connectivity index (χ3n) is 5.73. The van der Waals surface area contributed by atoms with Crippen molar-refractivity contribution in [3.63, 3.8) is 0 Å². The second-order valence-electron chi connectivity index (χ2n) is 8.24. The highest BCUT2D eigenvalue weighted by atomic mass is 16.7. The zero-order chi connectivity index (χ0) is 21.6. The molecule has 1 heterocycles. The second-order valence-corrected chi connectivity index (χ2v) is 8.24. The molecule has 0 aromatic carbocycles. The molecule has 0 bridgehead atoms. The van der Waals surface area contributed by atoms with E-state index in [9.17, 15) is 25.2 Å². The molecule has 1 aliphatic rings. The van der Waals surface area contributed by atoms with E-state index in [1.165, 1.54) is 32.1 Å². The van der Waals surface area contributed by atoms with Gasteiger partial charge >= 0.3 is 5.97 Å². The minimum Gasteiger partial charge on any atom is -0.433 e. The number of aliphatic hydroxyl groups excluding tert-OH is 4. The van der Waals surface area contributed by atoms with Crippen LogP contribution < -0.4 is 0 Å². The molecule has 29 heavy (non-hydrogen) atoms. The van der Waals surface area contributed by atoms with E-state index in [2.05, 4.69) is 13.8 Å². The molecule has 1 fully saturated rings. The molecule has 0 aromatic heterocycles. The van der Waals surface area contributed by atoms with Gasteiger partial charge < -0.3 is 29.9 Å². The van der Waals surface area contributed by atoms with Gasteiger partial charge in [0.15, 0.2) is 0 Å². The van der Waals surface area contributed by atoms with Crippen LogP contribution in [0.4, 0.5) is 0 Å². The number of carbonyl (C=O) groups is 1. The molecule has 7 heteroatoms. The predicted octanol–water partition coefficient (Wildman–Crippen LogP) is 2.67. The Balaban J connectivity index is 2.54. The van der Waals surface area contributed by atoms with Crippen LogP contribution in [-0.4, -0.2) is 63.7 Å². The highest BCUT2D eigenvalue weighted by Gasteiger charge is 2.45. The maximum Gasteiger partial charge on any atom is 0.311 e. The normalized spacial score (nSPS) is 28.3. The lowest BCUT2D eigenvalue weighted by Gasteiger charge is -2.39. The van der Waals surface area contributed by atoms with Crippen LogP contribution in [-0.2, 0) is 14.3 Å². The molecule has 0 amide bonds. The molecule has 1 unspecified atom stereocenters. The first-order valence-corrected chi connectivity index (χ1v) is 11.5. The Bertz CT molecular complexity index is 429. The highest BCUT2D eigenvalue weighted by molar-refractivity contribution is 5.72. The number of carbonyl (C=O) groups excluding carboxylic acids is 1. The molecule has 7 nitrogen and oxygen atoms in total. The van der Waals surface area contributed by atoms with E-state index >= 15 is 0 Å². The van der Waals surface area contributed by atoms with Crippen LogP contribution in [0.3, 0.4) is 0 Å². The van der Waals surface area contributed by atoms with Crippen molar-refractivity contribution in [3.8, 4) is 0 Å². The molecule has 0 radical (unpaired) electrons. The van der Waals surface area contributed by atoms with E-state index in [0.717, 1.165) is 44.9 Å². The third-order valence-corrected chi connectivity index (χ3v) is 5.73. The van der Waals surface area contributed by atoms with Crippen LogP contribution in [0, 0.1) is 5.92 Å². The summed E-state index contributed by atoms with van der Waals surface area (Å²) in [7, 11) is 0. The van der Waals surface area contributed by atoms with Crippen molar-refractivity contribution in [2.24, 2.45) is 5.92 Å². The van der Waals surface area contributed by atoms with Gasteiger partial charge in [0.2, 0.25) is 6.29 Å². The summed E-state index contributed by atoms with van der Waals surface area (Å²) in [5, 5.41) is 39.1. The maximum atomic E-state index is 12.7. The van der Waals surface area contributed by atoms with Gasteiger partial charge in [-0.3, -0.25) is 4.79 Å². The second kappa shape index (κ2) is 15.1. The Labute approximate surface area is 175 Å². The summed E-state index contributed by atoms with van der Waals surface area (Å²) in [6.07, 6.45) is 5.66. The Morgan fingerprint density at radius 3 is 1.93 bits per heavy atom. The fourth-order valence-corrected chi connectivity index (χ4v) is 3.74. The molecule has 0 saturated carbocycles. The summed E-state index contributed by atoms with van der Waals surface area (Å²) in [5.74, 6) is -0.721. The van der Waals surface area contributed by atoms with E-state index in [4.69, 9.17) is 9.47 Å². The minimum atomic E-state index is -1.55. The van der Waals surface area contributed by atoms with E-state index < -0.39 is 43.3 Å². The Kier molecular flexibility index (Phi) is 13.7. The SMILES string of the molecule is CCCCCCCCCC(CCCCC)C(=O)O[C@@H]1O[C@H](CO)[C@@H](O)[C@H](O)[C@H]1O. The maximum absolute atomic E-state index is 12.7. The molecule has 172 valence electrons. The minimum absolute atomic E-state index is 0.274. The van der Waals surface area contributed by atoms with E-state index in [1.54, 1.807) is 0 Å². The van der Waals surface area contributed by atoms with Gasteiger partial charge in [-0.2, -0.15) is 0 Å². The monoisotopic (exact) mass is 418 g/mol. The molecule has 0 aliphatic carbocycles. The molecular weight excluding hydrogens is 376 g/mol. The first-order valence-electron chi connectivity index (χ1n) is 11.5. The highest BCUT2D eigenvalue weighted by Crippen LogP contribution is 2.25. The van der Waals surface area contributed by atoms with Crippen LogP contribution >= 0.6 is 0 Å². The number of aliphatic hydroxyl groups is 4. The number of hydrogen-bond donors (Lipinski definition) is 4. The van der Waals surface area contributed by atoms with Crippen LogP contribution in [0.5, 0.6) is 0 Å². The Morgan fingerprint density at radius 2 is 1.34 bits per heavy atom. The summed E-state index contributed by atoms with van der Waals surface area (Å²) in [5.41, 5.74) is 0. The van der Waals surface area contributed by atoms with Crippen molar-refractivity contribution in [1.29, 1.82) is 0 Å². The molecule has 0 spiro atoms. The molecule has 1 rings (SSSR count). The third kappa shape index (κ3) is 9.30. The van der Waals surface area contributed by atoms with E-state index in [1.807, 2.05) is 0 Å². The lowest BCUT2D eigenvalue weighted by atomic mass is 9.94. The topological polar surface area (TPSA) is 116 Å². The predicted molar refractivity (Wildman–Crippen MR) is 110 cm³/mol. The summed E-state index contributed by atoms with van der Waals surface area (Å²) in [6.45, 7) is 3.76. The first kappa shape index (κ1) is 26.3. The van der Waals surface area contributed by atoms with E-state index in [0.29, 0.717) is 0 Å². The van der Waals surface area contributed by atoms with Gasteiger partial charge in [0, 0.05) is 0 Å². The van der Waals surface area contributed by atoms with Crippen LogP contribution in [0.2, 0.25) is 0 Å². The fourth-order valence-electron chi connectivity index (χ4n) is 3.74. The molecule has 6 atom stereocenters. The standard InChI is InChI=1S/C22H42O7/c1-3-5-7-8-9-10-12-14-16(13-11-6-4-2)21(27)29-22-20(26)19(25)18(24)17(15-23)28-22/h16-20,22-26H,3-15H2,1-2H3/t16?,17-,18-,19+,20-,22+/m1/s1. The summed E-state index contributed by atoms with van der Waals surface area (Å²) in [6, 6.07) is 0. The van der Waals surface area contributed by atoms with Crippen molar-refractivity contribution in [2.45, 2.75) is 122 Å². The molecule has 0 aromatic rings. The van der Waals surface area contributed by atoms with Crippen LogP contribution in [0.25, 0.3) is 0 Å². The van der Waals surface area contributed by atoms with E-state index in [-0.39, 0.29) is 5.92 Å². The fraction of sp³-hybridized carbons (Fsp3) is 0.955. The van der Waals surface area contributed by atoms with Gasteiger partial charge in [-0.1, -0.05) is 78.1 Å². The Hall–Kier alpha value is -0.730. The number of rotatable bonds is 15. The van der Waals surface area contributed by atoms with Crippen LogP contribution in [0.1, 0.15) is 90.9 Å². The number of ether oxygens (including phenoxy) is 2. The van der Waals surface area contributed by atoms with Gasteiger partial charge in [0.1, 0.15) is 24.4 Å². The molecule has 1 saturated heterocycles. The molecule has 4 N–H and O–H groups in total. The lowest BCUT2D eigenvalue weighted by molar-refractivity contribution is -0.293. The molecular formula is C22H42O7. The van der Waals surface area contributed by atoms with Gasteiger partial charge in [-0.25, -0.2) is 0 Å². The van der Waals surface area contributed by atoms with Gasteiger partial charge in [0.25, 0.3) is 0 Å². The van der Waals surface area contributed by atoms with Crippen molar-refractivity contribution in [1.82, 2.24) is 0 Å².